The number of aldehydes is 1. The first-order chi connectivity index (χ1) is 15.4. The predicted octanol–water partition coefficient (Wildman–Crippen LogP) is 4.42. The number of carbonyl (C=O) groups is 2. The standard InChI is InChI=1S/C20H19F6N3O4/c21-19(22,23)11-33-13-4-6-15(28-9-13)17(10-30)29-16-8-12(2-1-7-32-18(27)31)3-5-14(16)20(24,25)26/h3-6,8-10,17,29H,1-2,7,11H2,(H2,27,31)/t17-/m0/s1. The fourth-order valence-corrected chi connectivity index (χ4v) is 2.73. The quantitative estimate of drug-likeness (QED) is 0.297. The van der Waals surface area contributed by atoms with Crippen molar-refractivity contribution in [2.75, 3.05) is 18.5 Å². The lowest BCUT2D eigenvalue weighted by Crippen LogP contribution is -2.20. The molecule has 0 bridgehead atoms. The lowest BCUT2D eigenvalue weighted by Gasteiger charge is -2.20. The molecule has 0 unspecified atom stereocenters. The van der Waals surface area contributed by atoms with E-state index >= 15 is 0 Å². The van der Waals surface area contributed by atoms with Gasteiger partial charge in [0.2, 0.25) is 0 Å². The Morgan fingerprint density at radius 1 is 1.15 bits per heavy atom. The molecule has 2 aromatic rings. The Hall–Kier alpha value is -3.51. The Morgan fingerprint density at radius 2 is 1.88 bits per heavy atom. The summed E-state index contributed by atoms with van der Waals surface area (Å²) in [5, 5.41) is 2.47. The summed E-state index contributed by atoms with van der Waals surface area (Å²) in [5.74, 6) is -0.225. The molecule has 13 heteroatoms. The molecule has 7 nitrogen and oxygen atoms in total. The van der Waals surface area contributed by atoms with Crippen molar-refractivity contribution in [1.29, 1.82) is 0 Å². The summed E-state index contributed by atoms with van der Waals surface area (Å²) >= 11 is 0. The van der Waals surface area contributed by atoms with Crippen molar-refractivity contribution >= 4 is 18.1 Å². The summed E-state index contributed by atoms with van der Waals surface area (Å²) in [4.78, 5) is 25.9. The van der Waals surface area contributed by atoms with Gasteiger partial charge in [0.15, 0.2) is 6.61 Å². The molecular weight excluding hydrogens is 460 g/mol. The van der Waals surface area contributed by atoms with Crippen LogP contribution in [0.15, 0.2) is 36.5 Å². The molecule has 1 heterocycles. The third-order valence-corrected chi connectivity index (χ3v) is 4.17. The molecule has 0 radical (unpaired) electrons. The van der Waals surface area contributed by atoms with Crippen molar-refractivity contribution in [2.24, 2.45) is 5.73 Å². The predicted molar refractivity (Wildman–Crippen MR) is 104 cm³/mol. The number of anilines is 1. The number of nitrogens with one attached hydrogen (secondary N) is 1. The minimum absolute atomic E-state index is 0.0250. The van der Waals surface area contributed by atoms with Gasteiger partial charge in [0, 0.05) is 5.69 Å². The van der Waals surface area contributed by atoms with Crippen LogP contribution in [-0.2, 0) is 22.1 Å². The van der Waals surface area contributed by atoms with Gasteiger partial charge in [0.1, 0.15) is 18.1 Å². The molecule has 0 saturated heterocycles. The summed E-state index contributed by atoms with van der Waals surface area (Å²) in [6.07, 6.45) is -8.46. The maximum absolute atomic E-state index is 13.4. The van der Waals surface area contributed by atoms with E-state index in [9.17, 15) is 35.9 Å². The van der Waals surface area contributed by atoms with Gasteiger partial charge in [-0.25, -0.2) is 4.79 Å². The highest BCUT2D eigenvalue weighted by molar-refractivity contribution is 5.68. The fraction of sp³-hybridized carbons (Fsp3) is 0.350. The van der Waals surface area contributed by atoms with E-state index in [2.05, 4.69) is 19.8 Å². The number of aryl methyl sites for hydroxylation is 1. The summed E-state index contributed by atoms with van der Waals surface area (Å²) in [5.41, 5.74) is 3.85. The molecule has 2 rings (SSSR count). The summed E-state index contributed by atoms with van der Waals surface area (Å²) < 4.78 is 86.1. The zero-order chi connectivity index (χ0) is 24.6. The summed E-state index contributed by atoms with van der Waals surface area (Å²) in [7, 11) is 0. The van der Waals surface area contributed by atoms with Crippen LogP contribution in [0.5, 0.6) is 5.75 Å². The molecule has 0 saturated carbocycles. The Morgan fingerprint density at radius 3 is 2.42 bits per heavy atom. The number of rotatable bonds is 10. The number of halogens is 6. The molecule has 0 spiro atoms. The van der Waals surface area contributed by atoms with Gasteiger partial charge in [0.05, 0.1) is 24.1 Å². The Bertz CT molecular complexity index is 948. The molecule has 0 aliphatic heterocycles. The molecular formula is C20H19F6N3O4. The van der Waals surface area contributed by atoms with E-state index in [1.54, 1.807) is 0 Å². The van der Waals surface area contributed by atoms with Crippen LogP contribution in [0.2, 0.25) is 0 Å². The average molecular weight is 479 g/mol. The number of benzene rings is 1. The average Bonchev–Trinajstić information content (AvgIpc) is 2.72. The van der Waals surface area contributed by atoms with E-state index < -0.39 is 42.3 Å². The van der Waals surface area contributed by atoms with Gasteiger partial charge in [-0.2, -0.15) is 26.3 Å². The van der Waals surface area contributed by atoms with Crippen LogP contribution in [0.3, 0.4) is 0 Å². The summed E-state index contributed by atoms with van der Waals surface area (Å²) in [6, 6.07) is 4.25. The topological polar surface area (TPSA) is 104 Å². The second kappa shape index (κ2) is 10.9. The number of ether oxygens (including phenoxy) is 2. The van der Waals surface area contributed by atoms with Crippen LogP contribution in [0.25, 0.3) is 0 Å². The lowest BCUT2D eigenvalue weighted by atomic mass is 10.0. The molecule has 1 amide bonds. The summed E-state index contributed by atoms with van der Waals surface area (Å²) in [6.45, 7) is -1.57. The zero-order valence-corrected chi connectivity index (χ0v) is 16.9. The number of hydrogen-bond acceptors (Lipinski definition) is 6. The highest BCUT2D eigenvalue weighted by Crippen LogP contribution is 2.37. The van der Waals surface area contributed by atoms with Crippen molar-refractivity contribution in [3.8, 4) is 5.75 Å². The van der Waals surface area contributed by atoms with E-state index in [4.69, 9.17) is 5.73 Å². The first kappa shape index (κ1) is 25.7. The van der Waals surface area contributed by atoms with Crippen LogP contribution < -0.4 is 15.8 Å². The number of nitrogens with two attached hydrogens (primary N) is 1. The molecule has 0 aliphatic carbocycles. The molecule has 1 aromatic carbocycles. The lowest BCUT2D eigenvalue weighted by molar-refractivity contribution is -0.153. The Labute approximate surface area is 183 Å². The largest absolute Gasteiger partial charge is 0.483 e. The van der Waals surface area contributed by atoms with Gasteiger partial charge in [-0.15, -0.1) is 0 Å². The van der Waals surface area contributed by atoms with Crippen molar-refractivity contribution in [2.45, 2.75) is 31.2 Å². The molecule has 3 N–H and O–H groups in total. The van der Waals surface area contributed by atoms with Crippen LogP contribution >= 0.6 is 0 Å². The van der Waals surface area contributed by atoms with Gasteiger partial charge < -0.3 is 25.3 Å². The number of amides is 1. The van der Waals surface area contributed by atoms with Gasteiger partial charge in [-0.05, 0) is 42.7 Å². The zero-order valence-electron chi connectivity index (χ0n) is 16.9. The van der Waals surface area contributed by atoms with Crippen LogP contribution in [0, 0.1) is 0 Å². The minimum atomic E-state index is -4.73. The Kier molecular flexibility index (Phi) is 8.49. The van der Waals surface area contributed by atoms with Crippen molar-refractivity contribution in [3.63, 3.8) is 0 Å². The van der Waals surface area contributed by atoms with Gasteiger partial charge in [-0.1, -0.05) is 6.07 Å². The monoisotopic (exact) mass is 479 g/mol. The highest BCUT2D eigenvalue weighted by Gasteiger charge is 2.34. The molecule has 0 aliphatic rings. The number of alkyl halides is 6. The third-order valence-electron chi connectivity index (χ3n) is 4.17. The first-order valence-electron chi connectivity index (χ1n) is 9.38. The van der Waals surface area contributed by atoms with Crippen molar-refractivity contribution in [3.05, 3.63) is 53.3 Å². The van der Waals surface area contributed by atoms with E-state index in [-0.39, 0.29) is 24.5 Å². The number of nitrogens with zero attached hydrogens (tertiary/aromatic N) is 1. The first-order valence-corrected chi connectivity index (χ1v) is 9.38. The van der Waals surface area contributed by atoms with E-state index in [1.807, 2.05) is 0 Å². The smallest absolute Gasteiger partial charge is 0.422 e. The number of primary amides is 1. The second-order valence-corrected chi connectivity index (χ2v) is 6.73. The highest BCUT2D eigenvalue weighted by atomic mass is 19.4. The Balaban J connectivity index is 2.19. The molecule has 0 fully saturated rings. The molecule has 1 atom stereocenters. The maximum Gasteiger partial charge on any atom is 0.422 e. The van der Waals surface area contributed by atoms with Crippen LogP contribution in [-0.4, -0.2) is 36.8 Å². The van der Waals surface area contributed by atoms with Crippen LogP contribution in [0.4, 0.5) is 36.8 Å². The van der Waals surface area contributed by atoms with Gasteiger partial charge >= 0.3 is 18.4 Å². The molecule has 180 valence electrons. The van der Waals surface area contributed by atoms with Gasteiger partial charge in [-0.3, -0.25) is 4.98 Å². The number of carbonyl (C=O) groups excluding carboxylic acids is 2. The molecule has 33 heavy (non-hydrogen) atoms. The fourth-order valence-electron chi connectivity index (χ4n) is 2.73. The normalized spacial score (nSPS) is 12.7. The van der Waals surface area contributed by atoms with Gasteiger partial charge in [0.25, 0.3) is 0 Å². The number of pyridine rings is 1. The van der Waals surface area contributed by atoms with E-state index in [0.717, 1.165) is 24.4 Å². The van der Waals surface area contributed by atoms with Crippen molar-refractivity contribution < 1.29 is 45.4 Å². The van der Waals surface area contributed by atoms with Crippen LogP contribution in [0.1, 0.15) is 29.3 Å². The third kappa shape index (κ3) is 8.50. The van der Waals surface area contributed by atoms with Crippen molar-refractivity contribution in [1.82, 2.24) is 4.98 Å². The number of hydrogen-bond donors (Lipinski definition) is 2. The van der Waals surface area contributed by atoms with E-state index in [0.29, 0.717) is 18.3 Å². The number of aromatic nitrogens is 1. The molecule has 1 aromatic heterocycles. The maximum atomic E-state index is 13.4. The second-order valence-electron chi connectivity index (χ2n) is 6.73. The van der Waals surface area contributed by atoms with E-state index in [1.165, 1.54) is 12.1 Å². The SMILES string of the molecule is NC(=O)OCCCc1ccc(C(F)(F)F)c(N[C@@H](C=O)c2ccc(OCC(F)(F)F)cn2)c1. The minimum Gasteiger partial charge on any atom is -0.483 e.